The maximum absolute atomic E-state index is 12.3. The molecule has 1 aliphatic rings. The van der Waals surface area contributed by atoms with Crippen LogP contribution in [0.2, 0.25) is 0 Å². The average molecular weight is 388 g/mol. The highest BCUT2D eigenvalue weighted by Gasteiger charge is 2.27. The SMILES string of the molecule is Cc1ccc(S(=O)(=O)OC[C@H]2COc3ccc4c(=O)ccoc4c3O2)cc1. The predicted molar refractivity (Wildman–Crippen MR) is 96.7 cm³/mol. The Kier molecular flexibility index (Phi) is 4.37. The van der Waals surface area contributed by atoms with Gasteiger partial charge in [-0.25, -0.2) is 0 Å². The monoisotopic (exact) mass is 388 g/mol. The fourth-order valence-corrected chi connectivity index (χ4v) is 3.67. The summed E-state index contributed by atoms with van der Waals surface area (Å²) in [5, 5.41) is 0.355. The molecule has 3 aromatic rings. The van der Waals surface area contributed by atoms with Crippen LogP contribution in [-0.2, 0) is 14.3 Å². The minimum Gasteiger partial charge on any atom is -0.486 e. The van der Waals surface area contributed by atoms with E-state index in [0.29, 0.717) is 11.1 Å². The molecule has 140 valence electrons. The zero-order valence-electron chi connectivity index (χ0n) is 14.4. The van der Waals surface area contributed by atoms with E-state index in [1.54, 1.807) is 24.3 Å². The summed E-state index contributed by atoms with van der Waals surface area (Å²) in [6, 6.07) is 10.9. The van der Waals surface area contributed by atoms with Crippen molar-refractivity contribution in [1.29, 1.82) is 0 Å². The summed E-state index contributed by atoms with van der Waals surface area (Å²) >= 11 is 0. The summed E-state index contributed by atoms with van der Waals surface area (Å²) in [4.78, 5) is 12.0. The molecule has 0 saturated heterocycles. The smallest absolute Gasteiger partial charge is 0.297 e. The highest BCUT2D eigenvalue weighted by Crippen LogP contribution is 2.37. The molecule has 0 bridgehead atoms. The Balaban J connectivity index is 1.54. The molecule has 0 saturated carbocycles. The van der Waals surface area contributed by atoms with Gasteiger partial charge in [0.1, 0.15) is 13.2 Å². The number of fused-ring (bicyclic) bond motifs is 3. The molecule has 0 N–H and O–H groups in total. The van der Waals surface area contributed by atoms with Gasteiger partial charge in [0.25, 0.3) is 10.1 Å². The van der Waals surface area contributed by atoms with E-state index < -0.39 is 16.2 Å². The van der Waals surface area contributed by atoms with Crippen LogP contribution in [0.1, 0.15) is 5.56 Å². The second-order valence-electron chi connectivity index (χ2n) is 6.16. The van der Waals surface area contributed by atoms with Gasteiger partial charge in [-0.15, -0.1) is 0 Å². The number of hydrogen-bond acceptors (Lipinski definition) is 7. The topological polar surface area (TPSA) is 92.0 Å². The van der Waals surface area contributed by atoms with Crippen LogP contribution in [0.25, 0.3) is 11.0 Å². The van der Waals surface area contributed by atoms with Crippen molar-refractivity contribution in [2.45, 2.75) is 17.9 Å². The van der Waals surface area contributed by atoms with E-state index in [0.717, 1.165) is 5.56 Å². The predicted octanol–water partition coefficient (Wildman–Crippen LogP) is 2.65. The van der Waals surface area contributed by atoms with Crippen LogP contribution < -0.4 is 14.9 Å². The Morgan fingerprint density at radius 2 is 1.89 bits per heavy atom. The number of rotatable bonds is 4. The highest BCUT2D eigenvalue weighted by atomic mass is 32.2. The van der Waals surface area contributed by atoms with Crippen molar-refractivity contribution in [2.75, 3.05) is 13.2 Å². The fraction of sp³-hybridized carbons (Fsp3) is 0.211. The molecule has 0 aliphatic carbocycles. The Hall–Kier alpha value is -2.84. The van der Waals surface area contributed by atoms with Crippen molar-refractivity contribution in [1.82, 2.24) is 0 Å². The second-order valence-corrected chi connectivity index (χ2v) is 7.77. The Labute approximate surface area is 155 Å². The molecule has 2 aromatic carbocycles. The van der Waals surface area contributed by atoms with Gasteiger partial charge in [-0.05, 0) is 31.2 Å². The van der Waals surface area contributed by atoms with E-state index in [9.17, 15) is 13.2 Å². The molecule has 2 heterocycles. The lowest BCUT2D eigenvalue weighted by Crippen LogP contribution is -2.34. The van der Waals surface area contributed by atoms with Gasteiger partial charge in [0, 0.05) is 6.07 Å². The molecule has 27 heavy (non-hydrogen) atoms. The zero-order chi connectivity index (χ0) is 19.0. The van der Waals surface area contributed by atoms with Gasteiger partial charge in [0.05, 0.1) is 16.5 Å². The third-order valence-electron chi connectivity index (χ3n) is 4.17. The van der Waals surface area contributed by atoms with E-state index in [2.05, 4.69) is 0 Å². The molecule has 1 aromatic heterocycles. The van der Waals surface area contributed by atoms with Crippen molar-refractivity contribution in [3.63, 3.8) is 0 Å². The molecule has 8 heteroatoms. The van der Waals surface area contributed by atoms with Crippen LogP contribution in [-0.4, -0.2) is 27.7 Å². The molecule has 1 atom stereocenters. The first-order valence-electron chi connectivity index (χ1n) is 8.24. The minimum atomic E-state index is -3.91. The van der Waals surface area contributed by atoms with Crippen molar-refractivity contribution in [2.24, 2.45) is 0 Å². The van der Waals surface area contributed by atoms with E-state index in [1.165, 1.54) is 24.5 Å². The largest absolute Gasteiger partial charge is 0.486 e. The standard InChI is InChI=1S/C19H16O7S/c1-12-2-4-14(5-3-12)27(21,22)25-11-13-10-24-17-7-6-15-16(20)8-9-23-18(15)19(17)26-13/h2-9,13H,10-11H2,1H3/t13-/m1/s1. The van der Waals surface area contributed by atoms with Crippen LogP contribution in [0.15, 0.2) is 62.8 Å². The summed E-state index contributed by atoms with van der Waals surface area (Å²) < 4.78 is 46.6. The quantitative estimate of drug-likeness (QED) is 0.635. The molecule has 0 spiro atoms. The van der Waals surface area contributed by atoms with Crippen LogP contribution in [0.3, 0.4) is 0 Å². The first-order valence-corrected chi connectivity index (χ1v) is 9.65. The van der Waals surface area contributed by atoms with E-state index in [4.69, 9.17) is 18.1 Å². The fourth-order valence-electron chi connectivity index (χ4n) is 2.74. The zero-order valence-corrected chi connectivity index (χ0v) is 15.2. The minimum absolute atomic E-state index is 0.0710. The molecule has 0 amide bonds. The van der Waals surface area contributed by atoms with E-state index in [-0.39, 0.29) is 34.9 Å². The first kappa shape index (κ1) is 17.6. The summed E-state index contributed by atoms with van der Waals surface area (Å²) in [7, 11) is -3.91. The van der Waals surface area contributed by atoms with Crippen molar-refractivity contribution in [3.05, 3.63) is 64.5 Å². The number of ether oxygens (including phenoxy) is 2. The molecule has 0 unspecified atom stereocenters. The third-order valence-corrected chi connectivity index (χ3v) is 5.47. The van der Waals surface area contributed by atoms with Gasteiger partial charge in [-0.3, -0.25) is 8.98 Å². The molecule has 1 aliphatic heterocycles. The Morgan fingerprint density at radius 3 is 2.67 bits per heavy atom. The van der Waals surface area contributed by atoms with Crippen molar-refractivity contribution in [3.8, 4) is 11.5 Å². The summed E-state index contributed by atoms with van der Waals surface area (Å²) in [5.41, 5.74) is 0.997. The lowest BCUT2D eigenvalue weighted by molar-refractivity contribution is 0.0560. The first-order chi connectivity index (χ1) is 12.9. The van der Waals surface area contributed by atoms with Crippen LogP contribution >= 0.6 is 0 Å². The van der Waals surface area contributed by atoms with Crippen LogP contribution in [0.4, 0.5) is 0 Å². The van der Waals surface area contributed by atoms with Gasteiger partial charge in [0.15, 0.2) is 22.9 Å². The van der Waals surface area contributed by atoms with Crippen LogP contribution in [0, 0.1) is 6.92 Å². The molecule has 0 fully saturated rings. The second kappa shape index (κ2) is 6.71. The maximum Gasteiger partial charge on any atom is 0.297 e. The van der Waals surface area contributed by atoms with Crippen molar-refractivity contribution >= 4 is 21.1 Å². The number of hydrogen-bond donors (Lipinski definition) is 0. The normalized spacial score (nSPS) is 16.4. The van der Waals surface area contributed by atoms with Gasteiger partial charge in [0.2, 0.25) is 5.75 Å². The Bertz CT molecular complexity index is 1150. The maximum atomic E-state index is 12.3. The molecule has 0 radical (unpaired) electrons. The van der Waals surface area contributed by atoms with Gasteiger partial charge >= 0.3 is 0 Å². The Morgan fingerprint density at radius 1 is 1.11 bits per heavy atom. The molecular weight excluding hydrogens is 372 g/mol. The van der Waals surface area contributed by atoms with Crippen molar-refractivity contribution < 1.29 is 26.5 Å². The number of aryl methyl sites for hydroxylation is 1. The molecule has 7 nitrogen and oxygen atoms in total. The van der Waals surface area contributed by atoms with Gasteiger partial charge in [-0.1, -0.05) is 17.7 Å². The highest BCUT2D eigenvalue weighted by molar-refractivity contribution is 7.86. The van der Waals surface area contributed by atoms with Gasteiger partial charge < -0.3 is 13.9 Å². The summed E-state index contributed by atoms with van der Waals surface area (Å²) in [6.07, 6.45) is 0.602. The summed E-state index contributed by atoms with van der Waals surface area (Å²) in [5.74, 6) is 0.687. The van der Waals surface area contributed by atoms with Gasteiger partial charge in [-0.2, -0.15) is 8.42 Å². The van der Waals surface area contributed by atoms with E-state index in [1.807, 2.05) is 6.92 Å². The lowest BCUT2D eigenvalue weighted by Gasteiger charge is -2.26. The molecular formula is C19H16O7S. The average Bonchev–Trinajstić information content (AvgIpc) is 2.67. The van der Waals surface area contributed by atoms with Crippen LogP contribution in [0.5, 0.6) is 11.5 Å². The lowest BCUT2D eigenvalue weighted by atomic mass is 10.2. The summed E-state index contributed by atoms with van der Waals surface area (Å²) in [6.45, 7) is 1.74. The third kappa shape index (κ3) is 3.41. The molecule has 4 rings (SSSR count). The number of benzene rings is 2. The van der Waals surface area contributed by atoms with E-state index >= 15 is 0 Å².